The molecule has 0 atom stereocenters. The second-order valence-electron chi connectivity index (χ2n) is 3.00. The van der Waals surface area contributed by atoms with Crippen molar-refractivity contribution in [2.75, 3.05) is 24.0 Å². The van der Waals surface area contributed by atoms with Crippen LogP contribution in [0.5, 0.6) is 0 Å². The van der Waals surface area contributed by atoms with Gasteiger partial charge in [-0.3, -0.25) is 0 Å². The lowest BCUT2D eigenvalue weighted by molar-refractivity contribution is 2.20. The van der Waals surface area contributed by atoms with Crippen LogP contribution in [0.15, 0.2) is 25.4 Å². The fourth-order valence-electron chi connectivity index (χ4n) is 1.22. The van der Waals surface area contributed by atoms with Crippen LogP contribution < -0.4 is 0 Å². The molecule has 0 aromatic carbocycles. The van der Waals surface area contributed by atoms with E-state index in [-0.39, 0.29) is 0 Å². The minimum absolute atomic E-state index is 0.625. The summed E-state index contributed by atoms with van der Waals surface area (Å²) in [6.07, 6.45) is 6.45. The topological polar surface area (TPSA) is 0 Å². The molecule has 0 unspecified atom stereocenters. The van der Waals surface area contributed by atoms with Crippen LogP contribution in [0.4, 0.5) is 0 Å². The fraction of sp³-hybridized carbons (Fsp3) is 0.400. The molecule has 0 N–H and O–H groups in total. The van der Waals surface area contributed by atoms with Gasteiger partial charge in [-0.1, -0.05) is 47.0 Å². The van der Waals surface area contributed by atoms with Gasteiger partial charge in [0.1, 0.15) is 0 Å². The number of hydrogen-bond donors (Lipinski definition) is 0. The van der Waals surface area contributed by atoms with Crippen molar-refractivity contribution in [3.63, 3.8) is 0 Å². The van der Waals surface area contributed by atoms with Crippen LogP contribution >= 0.6 is 106 Å². The first-order valence-electron chi connectivity index (χ1n) is 4.98. The summed E-state index contributed by atoms with van der Waals surface area (Å²) in [5, 5.41) is 0.625. The van der Waals surface area contributed by atoms with E-state index in [0.29, 0.717) is 5.21 Å². The molecule has 0 spiro atoms. The molecule has 2 aliphatic heterocycles. The Morgan fingerprint density at radius 2 is 1.11 bits per heavy atom. The molecule has 0 aromatic rings. The molecule has 2 aliphatic rings. The van der Waals surface area contributed by atoms with Gasteiger partial charge >= 0.3 is 0 Å². The van der Waals surface area contributed by atoms with Crippen molar-refractivity contribution < 1.29 is 0 Å². The zero-order valence-electron chi connectivity index (χ0n) is 10.4. The van der Waals surface area contributed by atoms with Crippen LogP contribution in [-0.4, -0.2) is 24.0 Å². The molecule has 9 heteroatoms. The summed E-state index contributed by atoms with van der Waals surface area (Å²) in [7, 11) is 0. The third kappa shape index (κ3) is 4.41. The first kappa shape index (κ1) is 17.7. The van der Waals surface area contributed by atoms with Gasteiger partial charge in [0.25, 0.3) is 0 Å². The summed E-state index contributed by atoms with van der Waals surface area (Å²) in [5.41, 5.74) is 0. The van der Waals surface area contributed by atoms with Gasteiger partial charge < -0.3 is 0 Å². The SMILES string of the molecule is CSC1=C(SC)SC(=C2SC(SC)=C(SCCl)S2)S1. The Balaban J connectivity index is 2.12. The number of thioether (sulfide) groups is 8. The van der Waals surface area contributed by atoms with Crippen LogP contribution in [0, 0.1) is 0 Å². The number of hydrogen-bond acceptors (Lipinski definition) is 8. The van der Waals surface area contributed by atoms with E-state index in [2.05, 4.69) is 18.8 Å². The molecule has 0 aromatic heterocycles. The number of halogens is 1. The van der Waals surface area contributed by atoms with Gasteiger partial charge in [0.15, 0.2) is 0 Å². The van der Waals surface area contributed by atoms with E-state index in [0.717, 1.165) is 0 Å². The molecule has 2 rings (SSSR count). The fourth-order valence-corrected chi connectivity index (χ4v) is 12.0. The lowest BCUT2D eigenvalue weighted by Gasteiger charge is -2.01. The lowest BCUT2D eigenvalue weighted by atomic mass is 11.2. The minimum Gasteiger partial charge on any atom is -0.121 e. The number of alkyl halides is 1. The molecule has 106 valence electrons. The largest absolute Gasteiger partial charge is 0.121 e. The van der Waals surface area contributed by atoms with Crippen LogP contribution in [0.1, 0.15) is 0 Å². The Labute approximate surface area is 153 Å². The normalized spacial score (nSPS) is 20.2. The molecule has 19 heavy (non-hydrogen) atoms. The third-order valence-electron chi connectivity index (χ3n) is 1.98. The predicted molar refractivity (Wildman–Crippen MR) is 110 cm³/mol. The second-order valence-corrected chi connectivity index (χ2v) is 12.7. The van der Waals surface area contributed by atoms with Gasteiger partial charge in [-0.15, -0.1) is 58.6 Å². The molecule has 0 nitrogen and oxygen atoms in total. The molecular formula is C10H11ClS8. The van der Waals surface area contributed by atoms with Crippen molar-refractivity contribution in [2.45, 2.75) is 0 Å². The molecule has 0 bridgehead atoms. The minimum atomic E-state index is 0.625. The van der Waals surface area contributed by atoms with E-state index in [1.165, 1.54) is 25.4 Å². The first-order chi connectivity index (χ1) is 9.23. The quantitative estimate of drug-likeness (QED) is 0.416. The summed E-state index contributed by atoms with van der Waals surface area (Å²) >= 11 is 20.7. The Hall–Kier alpha value is 2.31. The highest BCUT2D eigenvalue weighted by Gasteiger charge is 2.29. The van der Waals surface area contributed by atoms with E-state index in [9.17, 15) is 0 Å². The maximum atomic E-state index is 5.86. The van der Waals surface area contributed by atoms with E-state index in [4.69, 9.17) is 11.6 Å². The van der Waals surface area contributed by atoms with Crippen molar-refractivity contribution in [2.24, 2.45) is 0 Å². The molecule has 2 heterocycles. The smallest absolute Gasteiger partial charge is 0.0733 e. The van der Waals surface area contributed by atoms with Crippen molar-refractivity contribution in [3.05, 3.63) is 25.4 Å². The van der Waals surface area contributed by atoms with Gasteiger partial charge in [-0.25, -0.2) is 0 Å². The van der Waals surface area contributed by atoms with Crippen LogP contribution in [0.3, 0.4) is 0 Å². The summed E-state index contributed by atoms with van der Waals surface area (Å²) in [6, 6.07) is 0. The van der Waals surface area contributed by atoms with E-state index in [1.54, 1.807) is 11.8 Å². The summed E-state index contributed by atoms with van der Waals surface area (Å²) < 4.78 is 8.47. The Morgan fingerprint density at radius 3 is 1.47 bits per heavy atom. The van der Waals surface area contributed by atoms with E-state index in [1.807, 2.05) is 82.3 Å². The average molecular weight is 423 g/mol. The van der Waals surface area contributed by atoms with Crippen molar-refractivity contribution in [1.29, 1.82) is 0 Å². The third-order valence-corrected chi connectivity index (χ3v) is 13.1. The molecule has 0 radical (unpaired) electrons. The van der Waals surface area contributed by atoms with Gasteiger partial charge in [0, 0.05) is 0 Å². The highest BCUT2D eigenvalue weighted by Crippen LogP contribution is 2.65. The van der Waals surface area contributed by atoms with Gasteiger partial charge in [0.05, 0.1) is 30.6 Å². The average Bonchev–Trinajstić information content (AvgIpc) is 3.01. The van der Waals surface area contributed by atoms with E-state index >= 15 is 0 Å². The monoisotopic (exact) mass is 422 g/mol. The zero-order chi connectivity index (χ0) is 13.8. The van der Waals surface area contributed by atoms with Gasteiger partial charge in [-0.05, 0) is 18.8 Å². The summed E-state index contributed by atoms with van der Waals surface area (Å²) in [6.45, 7) is 0. The first-order valence-corrected chi connectivity index (χ1v) is 13.4. The van der Waals surface area contributed by atoms with Crippen molar-refractivity contribution in [1.82, 2.24) is 0 Å². The molecule has 0 aliphatic carbocycles. The standard InChI is InChI=1S/C10H11ClS8/c1-12-5-6(13-2)17-9(16-5)10-18-7(14-3)8(19-10)15-4-11/h4H2,1-3H3. The molecule has 0 saturated heterocycles. The number of rotatable bonds is 5. The molecule has 0 fully saturated rings. The Bertz CT molecular complexity index is 434. The predicted octanol–water partition coefficient (Wildman–Crippen LogP) is 7.34. The van der Waals surface area contributed by atoms with Crippen molar-refractivity contribution in [3.8, 4) is 0 Å². The molecule has 0 amide bonds. The van der Waals surface area contributed by atoms with Crippen molar-refractivity contribution >= 4 is 106 Å². The van der Waals surface area contributed by atoms with Crippen LogP contribution in [0.25, 0.3) is 0 Å². The maximum absolute atomic E-state index is 5.86. The lowest BCUT2D eigenvalue weighted by Crippen LogP contribution is -1.68. The maximum Gasteiger partial charge on any atom is 0.0733 e. The zero-order valence-corrected chi connectivity index (χ0v) is 17.6. The van der Waals surface area contributed by atoms with Crippen LogP contribution in [0.2, 0.25) is 0 Å². The summed E-state index contributed by atoms with van der Waals surface area (Å²) in [5.74, 6) is 0. The molecule has 0 saturated carbocycles. The summed E-state index contributed by atoms with van der Waals surface area (Å²) in [4.78, 5) is 0. The Kier molecular flexibility index (Phi) is 8.19. The van der Waals surface area contributed by atoms with E-state index < -0.39 is 0 Å². The van der Waals surface area contributed by atoms with Gasteiger partial charge in [0.2, 0.25) is 0 Å². The van der Waals surface area contributed by atoms with Gasteiger partial charge in [-0.2, -0.15) is 0 Å². The Morgan fingerprint density at radius 1 is 0.737 bits per heavy atom. The molecular weight excluding hydrogens is 412 g/mol. The highest BCUT2D eigenvalue weighted by molar-refractivity contribution is 8.45. The van der Waals surface area contributed by atoms with Crippen LogP contribution in [-0.2, 0) is 0 Å². The second kappa shape index (κ2) is 8.82. The highest BCUT2D eigenvalue weighted by atomic mass is 35.5.